The van der Waals surface area contributed by atoms with E-state index in [4.69, 9.17) is 9.90 Å². The molecule has 3 aliphatic heterocycles. The molecule has 0 aliphatic carbocycles. The normalized spacial score (nSPS) is 19.1. The molecule has 0 N–H and O–H groups in total. The maximum absolute atomic E-state index is 10.4. The molecule has 0 amide bonds. The van der Waals surface area contributed by atoms with Crippen molar-refractivity contribution in [1.29, 1.82) is 0 Å². The molecular weight excluding hydrogens is 729 g/mol. The van der Waals surface area contributed by atoms with Crippen molar-refractivity contribution in [3.05, 3.63) is 143 Å². The highest BCUT2D eigenvalue weighted by molar-refractivity contribution is 7.00. The predicted octanol–water partition coefficient (Wildman–Crippen LogP) is 13.3. The lowest BCUT2D eigenvalue weighted by Crippen LogP contribution is -2.62. The van der Waals surface area contributed by atoms with Crippen LogP contribution in [0, 0.1) is 6.92 Å². The molecule has 2 aromatic heterocycles. The van der Waals surface area contributed by atoms with Gasteiger partial charge in [-0.1, -0.05) is 123 Å². The summed E-state index contributed by atoms with van der Waals surface area (Å²) in [5.74, 6) is 0. The van der Waals surface area contributed by atoms with Crippen molar-refractivity contribution in [2.75, 3.05) is 9.80 Å². The van der Waals surface area contributed by atoms with Crippen LogP contribution >= 0.6 is 0 Å². The van der Waals surface area contributed by atoms with Crippen molar-refractivity contribution < 1.29 is 31.8 Å². The van der Waals surface area contributed by atoms with E-state index in [0.29, 0.717) is 0 Å². The van der Waals surface area contributed by atoms with Crippen LogP contribution in [0.15, 0.2) is 125 Å². The third kappa shape index (κ3) is 4.69. The number of fused-ring (bicyclic) bond motifs is 12. The van der Waals surface area contributed by atoms with Gasteiger partial charge >= 0.3 is 0 Å². The Kier molecular flexibility index (Phi) is 4.01. The number of furan rings is 1. The number of hydrogen-bond acceptors (Lipinski definition) is 3. The summed E-state index contributed by atoms with van der Waals surface area (Å²) in [5.41, 5.74) is -5.19. The molecule has 0 spiro atoms. The Morgan fingerprint density at radius 1 is 0.500 bits per heavy atom. The van der Waals surface area contributed by atoms with E-state index in [1.807, 2.05) is 0 Å². The highest BCUT2D eigenvalue weighted by Gasteiger charge is 2.47. The third-order valence-corrected chi connectivity index (χ3v) is 11.8. The fourth-order valence-corrected chi connectivity index (χ4v) is 8.92. The van der Waals surface area contributed by atoms with Crippen molar-refractivity contribution in [3.63, 3.8) is 0 Å². The van der Waals surface area contributed by atoms with Gasteiger partial charge in [0.15, 0.2) is 5.58 Å². The SMILES string of the molecule is [2H]c1c([2H])c2c3c(c1[2H])-n1c4c([2H])c([2H])c(C(C)(C)C)c([2H])c4c4c([2H])c(C(C)(C)C)c([2H])c(c41)N3c1c([2H])c(C)c([2H])c3c1B2c1c([2H])c(C(C)(C)C)c([2H])c([2H])c1N3c1c([2H])c([2H])c([2H])c2c1oc1c([2H])c([2H])c([2H])c([2H])c12. The van der Waals surface area contributed by atoms with E-state index in [9.17, 15) is 21.9 Å². The first-order chi connectivity index (χ1) is 37.0. The topological polar surface area (TPSA) is 24.6 Å². The molecule has 60 heavy (non-hydrogen) atoms. The second kappa shape index (κ2) is 11.5. The van der Waals surface area contributed by atoms with Crippen LogP contribution < -0.4 is 26.2 Å². The molecule has 0 saturated carbocycles. The van der Waals surface area contributed by atoms with E-state index < -0.39 is 118 Å². The lowest BCUT2D eigenvalue weighted by Gasteiger charge is -2.46. The Labute approximate surface area is 381 Å². The summed E-state index contributed by atoms with van der Waals surface area (Å²) in [6, 6.07) is -10.0. The smallest absolute Gasteiger partial charge is 0.252 e. The van der Waals surface area contributed by atoms with Gasteiger partial charge in [0.05, 0.1) is 61.2 Å². The molecular formula is C55H50BN3O. The minimum Gasteiger partial charge on any atom is -0.454 e. The zero-order chi connectivity index (χ0) is 58.8. The second-order valence-electron chi connectivity index (χ2n) is 19.1. The maximum Gasteiger partial charge on any atom is 0.252 e. The standard InChI is InChI=1S/C55H50BN3O/c1-31-25-45-49-46(26-31)59-47-30-34(55(8,9)10)28-38-37-27-32(53(2,3)4)21-23-41(37)58(50(38)47)43-18-14-17-39(51(43)59)56(49)40-29-33(54(5,6)7)22-24-42(40)57(45)44-19-13-16-36-35-15-11-12-20-48(35)60-52(36)44/h11-30H,1-10H3/i11D,12D,13D,14D,15D,16D,17D,18D,19D,20D,21D,22D,23D,24D,25D,26D,27D,28D,29D,30D. The van der Waals surface area contributed by atoms with Gasteiger partial charge in [0, 0.05) is 38.6 Å². The molecule has 0 unspecified atom stereocenters. The molecule has 0 saturated heterocycles. The molecule has 4 nitrogen and oxygen atoms in total. The highest BCUT2D eigenvalue weighted by atomic mass is 16.3. The summed E-state index contributed by atoms with van der Waals surface area (Å²) in [6.45, 7) is 15.9. The van der Waals surface area contributed by atoms with E-state index in [0.717, 1.165) is 0 Å². The third-order valence-electron chi connectivity index (χ3n) is 11.8. The molecule has 9 aromatic rings. The molecule has 5 heterocycles. The number of benzene rings is 7. The van der Waals surface area contributed by atoms with Gasteiger partial charge < -0.3 is 18.8 Å². The molecule has 294 valence electrons. The minimum absolute atomic E-state index is 0.0255. The van der Waals surface area contributed by atoms with Crippen LogP contribution in [0.2, 0.25) is 0 Å². The van der Waals surface area contributed by atoms with E-state index in [1.165, 1.54) is 21.3 Å². The lowest BCUT2D eigenvalue weighted by atomic mass is 9.33. The quantitative estimate of drug-likeness (QED) is 0.155. The van der Waals surface area contributed by atoms with Crippen molar-refractivity contribution in [1.82, 2.24) is 4.57 Å². The number of anilines is 6. The Hall–Kier alpha value is -6.20. The van der Waals surface area contributed by atoms with Crippen LogP contribution in [0.1, 0.15) is 112 Å². The van der Waals surface area contributed by atoms with Gasteiger partial charge in [-0.05, 0) is 122 Å². The Morgan fingerprint density at radius 3 is 1.92 bits per heavy atom. The van der Waals surface area contributed by atoms with Crippen molar-refractivity contribution in [2.45, 2.75) is 85.5 Å². The zero-order valence-electron chi connectivity index (χ0n) is 54.8. The molecule has 0 fully saturated rings. The van der Waals surface area contributed by atoms with Crippen molar-refractivity contribution in [2.24, 2.45) is 0 Å². The molecule has 0 atom stereocenters. The summed E-state index contributed by atoms with van der Waals surface area (Å²) in [7, 11) is 0. The van der Waals surface area contributed by atoms with Gasteiger partial charge in [-0.3, -0.25) is 0 Å². The average Bonchev–Trinajstić information content (AvgIpc) is 3.93. The Morgan fingerprint density at radius 2 is 1.15 bits per heavy atom. The van der Waals surface area contributed by atoms with Gasteiger partial charge in [0.25, 0.3) is 6.71 Å². The molecule has 0 bridgehead atoms. The Balaban J connectivity index is 1.40. The predicted molar refractivity (Wildman–Crippen MR) is 256 cm³/mol. The summed E-state index contributed by atoms with van der Waals surface area (Å²) < 4.78 is 202. The largest absolute Gasteiger partial charge is 0.454 e. The van der Waals surface area contributed by atoms with Gasteiger partial charge in [-0.25, -0.2) is 0 Å². The molecule has 3 aliphatic rings. The van der Waals surface area contributed by atoms with E-state index in [-0.39, 0.29) is 148 Å². The van der Waals surface area contributed by atoms with Crippen molar-refractivity contribution in [3.8, 4) is 5.69 Å². The average molecular weight is 800 g/mol. The minimum atomic E-state index is -1.56. The number of rotatable bonds is 1. The highest BCUT2D eigenvalue weighted by Crippen LogP contribution is 2.54. The van der Waals surface area contributed by atoms with E-state index >= 15 is 0 Å². The van der Waals surface area contributed by atoms with Crippen LogP contribution in [0.25, 0.3) is 49.4 Å². The fourth-order valence-electron chi connectivity index (χ4n) is 8.92. The number of hydrogen-bond donors (Lipinski definition) is 0. The number of para-hydroxylation sites is 3. The van der Waals surface area contributed by atoms with Crippen LogP contribution in [-0.2, 0) is 16.2 Å². The second-order valence-corrected chi connectivity index (χ2v) is 19.1. The number of nitrogens with zero attached hydrogens (tertiary/aromatic N) is 3. The number of aromatic nitrogens is 1. The van der Waals surface area contributed by atoms with Gasteiger partial charge in [-0.15, -0.1) is 0 Å². The van der Waals surface area contributed by atoms with Gasteiger partial charge in [0.1, 0.15) is 5.58 Å². The summed E-state index contributed by atoms with van der Waals surface area (Å²) in [6.07, 6.45) is 0. The molecule has 12 rings (SSSR count). The summed E-state index contributed by atoms with van der Waals surface area (Å²) in [4.78, 5) is 2.68. The molecule has 5 heteroatoms. The Bertz CT molecular complexity index is 4520. The van der Waals surface area contributed by atoms with Crippen LogP contribution in [0.5, 0.6) is 0 Å². The van der Waals surface area contributed by atoms with Crippen LogP contribution in [-0.4, -0.2) is 11.3 Å². The van der Waals surface area contributed by atoms with Crippen molar-refractivity contribution >= 4 is 101 Å². The lowest BCUT2D eigenvalue weighted by molar-refractivity contribution is 0.590. The van der Waals surface area contributed by atoms with E-state index in [2.05, 4.69) is 0 Å². The van der Waals surface area contributed by atoms with Crippen LogP contribution in [0.3, 0.4) is 0 Å². The van der Waals surface area contributed by atoms with Gasteiger partial charge in [-0.2, -0.15) is 0 Å². The zero-order valence-corrected chi connectivity index (χ0v) is 34.8. The summed E-state index contributed by atoms with van der Waals surface area (Å²) in [5, 5.41) is -0.461. The molecule has 0 radical (unpaired) electrons. The van der Waals surface area contributed by atoms with E-state index in [1.54, 1.807) is 62.3 Å². The fraction of sp³-hybridized carbons (Fsp3) is 0.236. The molecule has 7 aromatic carbocycles. The van der Waals surface area contributed by atoms with Gasteiger partial charge in [0.2, 0.25) is 0 Å². The first-order valence-corrected chi connectivity index (χ1v) is 20.0. The first kappa shape index (κ1) is 20.9. The monoisotopic (exact) mass is 800 g/mol. The first-order valence-electron chi connectivity index (χ1n) is 30.0. The summed E-state index contributed by atoms with van der Waals surface area (Å²) >= 11 is 0. The maximum atomic E-state index is 10.4. The van der Waals surface area contributed by atoms with Crippen LogP contribution in [0.4, 0.5) is 34.1 Å².